The van der Waals surface area contributed by atoms with Crippen LogP contribution in [0.3, 0.4) is 0 Å². The standard InChI is InChI=1S/C15H20N2O/c1-3-4-5-6-15(18)16-13-8-7-12-9-10-17(2)14(12)11-13/h7-11H,3-6H2,1-2H3,(H,16,18). The normalized spacial score (nSPS) is 10.8. The molecule has 0 saturated carbocycles. The summed E-state index contributed by atoms with van der Waals surface area (Å²) < 4.78 is 2.06. The average molecular weight is 244 g/mol. The lowest BCUT2D eigenvalue weighted by atomic mass is 10.2. The van der Waals surface area contributed by atoms with E-state index in [-0.39, 0.29) is 5.91 Å². The van der Waals surface area contributed by atoms with Gasteiger partial charge in [-0.2, -0.15) is 0 Å². The van der Waals surface area contributed by atoms with Crippen LogP contribution in [-0.2, 0) is 11.8 Å². The molecule has 0 aliphatic carbocycles. The molecule has 18 heavy (non-hydrogen) atoms. The van der Waals surface area contributed by atoms with Crippen molar-refractivity contribution in [2.75, 3.05) is 5.32 Å². The topological polar surface area (TPSA) is 34.0 Å². The quantitative estimate of drug-likeness (QED) is 0.799. The van der Waals surface area contributed by atoms with E-state index >= 15 is 0 Å². The van der Waals surface area contributed by atoms with Gasteiger partial charge in [0, 0.05) is 30.9 Å². The zero-order valence-electron chi connectivity index (χ0n) is 11.1. The number of hydrogen-bond acceptors (Lipinski definition) is 1. The van der Waals surface area contributed by atoms with Gasteiger partial charge in [-0.25, -0.2) is 0 Å². The second kappa shape index (κ2) is 5.71. The molecule has 0 bridgehead atoms. The Balaban J connectivity index is 2.02. The van der Waals surface area contributed by atoms with Crippen LogP contribution in [0.5, 0.6) is 0 Å². The lowest BCUT2D eigenvalue weighted by Gasteiger charge is -2.06. The molecular formula is C15H20N2O. The van der Waals surface area contributed by atoms with Crippen LogP contribution in [0.4, 0.5) is 5.69 Å². The van der Waals surface area contributed by atoms with Crippen molar-refractivity contribution in [1.29, 1.82) is 0 Å². The third-order valence-corrected chi connectivity index (χ3v) is 3.18. The number of benzene rings is 1. The Morgan fingerprint density at radius 2 is 2.11 bits per heavy atom. The zero-order valence-corrected chi connectivity index (χ0v) is 11.1. The Morgan fingerprint density at radius 3 is 2.89 bits per heavy atom. The highest BCUT2D eigenvalue weighted by Crippen LogP contribution is 2.19. The summed E-state index contributed by atoms with van der Waals surface area (Å²) in [5.74, 6) is 0.108. The van der Waals surface area contributed by atoms with Crippen molar-refractivity contribution < 1.29 is 4.79 Å². The fraction of sp³-hybridized carbons (Fsp3) is 0.400. The van der Waals surface area contributed by atoms with Crippen molar-refractivity contribution in [3.05, 3.63) is 30.5 Å². The van der Waals surface area contributed by atoms with Crippen molar-refractivity contribution in [2.45, 2.75) is 32.6 Å². The molecule has 0 saturated heterocycles. The predicted molar refractivity (Wildman–Crippen MR) is 75.7 cm³/mol. The number of aryl methyl sites for hydroxylation is 1. The first kappa shape index (κ1) is 12.7. The van der Waals surface area contributed by atoms with Crippen LogP contribution < -0.4 is 5.32 Å². The number of carbonyl (C=O) groups excluding carboxylic acids is 1. The summed E-state index contributed by atoms with van der Waals surface area (Å²) in [6.45, 7) is 2.14. The van der Waals surface area contributed by atoms with E-state index in [1.807, 2.05) is 31.4 Å². The van der Waals surface area contributed by atoms with Crippen molar-refractivity contribution in [3.63, 3.8) is 0 Å². The zero-order chi connectivity index (χ0) is 13.0. The highest BCUT2D eigenvalue weighted by Gasteiger charge is 2.04. The maximum atomic E-state index is 11.7. The molecule has 0 aliphatic rings. The smallest absolute Gasteiger partial charge is 0.224 e. The van der Waals surface area contributed by atoms with Crippen molar-refractivity contribution in [2.24, 2.45) is 7.05 Å². The number of aromatic nitrogens is 1. The second-order valence-electron chi connectivity index (χ2n) is 4.71. The summed E-state index contributed by atoms with van der Waals surface area (Å²) in [7, 11) is 2.01. The molecule has 1 aromatic heterocycles. The monoisotopic (exact) mass is 244 g/mol. The summed E-state index contributed by atoms with van der Waals surface area (Å²) in [5, 5.41) is 4.15. The number of nitrogens with one attached hydrogen (secondary N) is 1. The molecule has 1 heterocycles. The highest BCUT2D eigenvalue weighted by molar-refractivity contribution is 5.93. The van der Waals surface area contributed by atoms with E-state index in [1.54, 1.807) is 0 Å². The lowest BCUT2D eigenvalue weighted by molar-refractivity contribution is -0.116. The molecule has 96 valence electrons. The molecule has 0 radical (unpaired) electrons. The summed E-state index contributed by atoms with van der Waals surface area (Å²) in [5.41, 5.74) is 2.02. The van der Waals surface area contributed by atoms with Gasteiger partial charge in [0.05, 0.1) is 0 Å². The number of anilines is 1. The first-order chi connectivity index (χ1) is 8.70. The molecule has 1 amide bonds. The maximum Gasteiger partial charge on any atom is 0.224 e. The molecular weight excluding hydrogens is 224 g/mol. The third kappa shape index (κ3) is 2.92. The molecule has 2 rings (SSSR count). The van der Waals surface area contributed by atoms with Gasteiger partial charge in [-0.15, -0.1) is 0 Å². The van der Waals surface area contributed by atoms with E-state index in [4.69, 9.17) is 0 Å². The Morgan fingerprint density at radius 1 is 1.28 bits per heavy atom. The van der Waals surface area contributed by atoms with Crippen LogP contribution in [0, 0.1) is 0 Å². The van der Waals surface area contributed by atoms with Gasteiger partial charge >= 0.3 is 0 Å². The van der Waals surface area contributed by atoms with Gasteiger partial charge in [-0.3, -0.25) is 4.79 Å². The number of hydrogen-bond donors (Lipinski definition) is 1. The lowest BCUT2D eigenvalue weighted by Crippen LogP contribution is -2.10. The van der Waals surface area contributed by atoms with Crippen LogP contribution in [0.1, 0.15) is 32.6 Å². The number of nitrogens with zero attached hydrogens (tertiary/aromatic N) is 1. The molecule has 1 aromatic carbocycles. The Bertz CT molecular complexity index is 542. The van der Waals surface area contributed by atoms with Gasteiger partial charge in [-0.05, 0) is 30.0 Å². The SMILES string of the molecule is CCCCCC(=O)Nc1ccc2ccn(C)c2c1. The van der Waals surface area contributed by atoms with Crippen LogP contribution in [0.2, 0.25) is 0 Å². The Hall–Kier alpha value is -1.77. The molecule has 0 spiro atoms. The number of unbranched alkanes of at least 4 members (excludes halogenated alkanes) is 2. The Labute approximate surface area is 108 Å². The molecule has 0 aliphatic heterocycles. The van der Waals surface area contributed by atoms with Gasteiger partial charge in [0.25, 0.3) is 0 Å². The predicted octanol–water partition coefficient (Wildman–Crippen LogP) is 3.70. The Kier molecular flexibility index (Phi) is 4.03. The molecule has 3 heteroatoms. The first-order valence-electron chi connectivity index (χ1n) is 6.55. The summed E-state index contributed by atoms with van der Waals surface area (Å²) in [6, 6.07) is 8.09. The maximum absolute atomic E-state index is 11.7. The minimum atomic E-state index is 0.108. The van der Waals surface area contributed by atoms with Crippen LogP contribution in [-0.4, -0.2) is 10.5 Å². The van der Waals surface area contributed by atoms with Crippen molar-refractivity contribution in [3.8, 4) is 0 Å². The van der Waals surface area contributed by atoms with Gasteiger partial charge in [0.1, 0.15) is 0 Å². The van der Waals surface area contributed by atoms with Crippen LogP contribution in [0.15, 0.2) is 30.5 Å². The number of carbonyl (C=O) groups is 1. The number of fused-ring (bicyclic) bond motifs is 1. The van der Waals surface area contributed by atoms with Crippen LogP contribution >= 0.6 is 0 Å². The van der Waals surface area contributed by atoms with E-state index in [9.17, 15) is 4.79 Å². The number of rotatable bonds is 5. The van der Waals surface area contributed by atoms with Crippen molar-refractivity contribution in [1.82, 2.24) is 4.57 Å². The van der Waals surface area contributed by atoms with E-state index in [0.29, 0.717) is 6.42 Å². The first-order valence-corrected chi connectivity index (χ1v) is 6.55. The molecule has 3 nitrogen and oxygen atoms in total. The van der Waals surface area contributed by atoms with Gasteiger partial charge in [0.15, 0.2) is 0 Å². The van der Waals surface area contributed by atoms with E-state index in [2.05, 4.69) is 22.9 Å². The fourth-order valence-corrected chi connectivity index (χ4v) is 2.10. The van der Waals surface area contributed by atoms with E-state index in [1.165, 1.54) is 5.39 Å². The minimum absolute atomic E-state index is 0.108. The average Bonchev–Trinajstić information content (AvgIpc) is 2.71. The summed E-state index contributed by atoms with van der Waals surface area (Å²) in [4.78, 5) is 11.7. The fourth-order valence-electron chi connectivity index (χ4n) is 2.10. The molecule has 0 fully saturated rings. The molecule has 1 N–H and O–H groups in total. The minimum Gasteiger partial charge on any atom is -0.350 e. The van der Waals surface area contributed by atoms with Gasteiger partial charge in [0.2, 0.25) is 5.91 Å². The van der Waals surface area contributed by atoms with Gasteiger partial charge in [-0.1, -0.05) is 25.8 Å². The summed E-state index contributed by atoms with van der Waals surface area (Å²) in [6.07, 6.45) is 5.86. The second-order valence-corrected chi connectivity index (χ2v) is 4.71. The van der Waals surface area contributed by atoms with Gasteiger partial charge < -0.3 is 9.88 Å². The largest absolute Gasteiger partial charge is 0.350 e. The van der Waals surface area contributed by atoms with E-state index in [0.717, 1.165) is 30.5 Å². The molecule has 0 atom stereocenters. The number of amides is 1. The third-order valence-electron chi connectivity index (χ3n) is 3.18. The highest BCUT2D eigenvalue weighted by atomic mass is 16.1. The molecule has 0 unspecified atom stereocenters. The van der Waals surface area contributed by atoms with E-state index < -0.39 is 0 Å². The van der Waals surface area contributed by atoms with Crippen molar-refractivity contribution >= 4 is 22.5 Å². The molecule has 2 aromatic rings. The van der Waals surface area contributed by atoms with Crippen LogP contribution in [0.25, 0.3) is 10.9 Å². The summed E-state index contributed by atoms with van der Waals surface area (Å²) >= 11 is 0.